The largest absolute Gasteiger partial charge is 0.491 e. The lowest BCUT2D eigenvalue weighted by Gasteiger charge is -2.16. The Kier molecular flexibility index (Phi) is 6.57. The number of aromatic nitrogens is 3. The minimum atomic E-state index is -4.64. The molecule has 0 saturated heterocycles. The summed E-state index contributed by atoms with van der Waals surface area (Å²) in [4.78, 5) is 12.6. The first kappa shape index (κ1) is 23.8. The Bertz CT molecular complexity index is 1520. The molecule has 5 aromatic rings. The lowest BCUT2D eigenvalue weighted by Crippen LogP contribution is -2.08. The Hall–Kier alpha value is -3.96. The fourth-order valence-electron chi connectivity index (χ4n) is 3.55. The van der Waals surface area contributed by atoms with E-state index in [4.69, 9.17) is 14.2 Å². The van der Waals surface area contributed by atoms with E-state index in [2.05, 4.69) is 20.3 Å². The molecule has 7 nitrogen and oxygen atoms in total. The van der Waals surface area contributed by atoms with Gasteiger partial charge in [-0.15, -0.1) is 11.3 Å². The topological polar surface area (TPSA) is 78.4 Å². The molecule has 0 unspecified atom stereocenters. The molecular formula is C25H19F3N4O3S. The standard InChI is InChI=1S/C25H19F3N4O3S/c1-33-8-9-34-16-3-5-20-18(11-16)24(30-13-29-20)32-15-2-6-22(19(10-15)25(26,27)28)35-17-4-7-23-21(12-17)31-14-36-23/h2-7,10-14H,8-9H2,1H3,(H,29,30,32). The molecule has 11 heteroatoms. The fourth-order valence-corrected chi connectivity index (χ4v) is 4.21. The van der Waals surface area contributed by atoms with E-state index in [0.29, 0.717) is 41.2 Å². The van der Waals surface area contributed by atoms with Crippen molar-refractivity contribution in [2.45, 2.75) is 6.18 Å². The number of anilines is 2. The van der Waals surface area contributed by atoms with Crippen LogP contribution in [0.5, 0.6) is 17.2 Å². The zero-order valence-electron chi connectivity index (χ0n) is 18.9. The quantitative estimate of drug-likeness (QED) is 0.229. The number of benzene rings is 3. The molecule has 0 aliphatic heterocycles. The maximum absolute atomic E-state index is 14.0. The summed E-state index contributed by atoms with van der Waals surface area (Å²) in [6, 6.07) is 14.0. The van der Waals surface area contributed by atoms with Crippen molar-refractivity contribution >= 4 is 44.0 Å². The van der Waals surface area contributed by atoms with Gasteiger partial charge in [-0.2, -0.15) is 13.2 Å². The van der Waals surface area contributed by atoms with Crippen molar-refractivity contribution in [1.82, 2.24) is 15.0 Å². The second-order valence-electron chi connectivity index (χ2n) is 7.66. The summed E-state index contributed by atoms with van der Waals surface area (Å²) in [7, 11) is 1.57. The average molecular weight is 513 g/mol. The number of alkyl halides is 3. The van der Waals surface area contributed by atoms with Gasteiger partial charge in [0.2, 0.25) is 0 Å². The Labute approximate surface area is 207 Å². The minimum absolute atomic E-state index is 0.190. The van der Waals surface area contributed by atoms with Gasteiger partial charge in [0.1, 0.15) is 41.6 Å². The van der Waals surface area contributed by atoms with Crippen molar-refractivity contribution in [3.63, 3.8) is 0 Å². The number of fused-ring (bicyclic) bond motifs is 2. The van der Waals surface area contributed by atoms with Gasteiger partial charge in [-0.25, -0.2) is 15.0 Å². The van der Waals surface area contributed by atoms with Gasteiger partial charge in [-0.05, 0) is 48.5 Å². The van der Waals surface area contributed by atoms with Crippen LogP contribution in [0, 0.1) is 0 Å². The molecule has 1 N–H and O–H groups in total. The average Bonchev–Trinajstić information content (AvgIpc) is 3.33. The normalized spacial score (nSPS) is 11.7. The van der Waals surface area contributed by atoms with E-state index in [1.165, 1.54) is 29.8 Å². The summed E-state index contributed by atoms with van der Waals surface area (Å²) in [5, 5.41) is 3.57. The van der Waals surface area contributed by atoms with Crippen LogP contribution in [-0.2, 0) is 10.9 Å². The highest BCUT2D eigenvalue weighted by atomic mass is 32.1. The van der Waals surface area contributed by atoms with E-state index in [-0.39, 0.29) is 17.2 Å². The van der Waals surface area contributed by atoms with Crippen molar-refractivity contribution in [3.8, 4) is 17.2 Å². The van der Waals surface area contributed by atoms with Crippen LogP contribution < -0.4 is 14.8 Å². The summed E-state index contributed by atoms with van der Waals surface area (Å²) >= 11 is 1.44. The first-order chi connectivity index (χ1) is 17.4. The molecule has 2 aromatic heterocycles. The maximum Gasteiger partial charge on any atom is 0.420 e. The van der Waals surface area contributed by atoms with Crippen LogP contribution in [0.15, 0.2) is 66.4 Å². The lowest BCUT2D eigenvalue weighted by atomic mass is 10.1. The van der Waals surface area contributed by atoms with E-state index in [9.17, 15) is 13.2 Å². The van der Waals surface area contributed by atoms with Crippen molar-refractivity contribution in [2.75, 3.05) is 25.6 Å². The van der Waals surface area contributed by atoms with Gasteiger partial charge < -0.3 is 19.5 Å². The van der Waals surface area contributed by atoms with Gasteiger partial charge >= 0.3 is 6.18 Å². The predicted octanol–water partition coefficient (Wildman–Crippen LogP) is 6.82. The predicted molar refractivity (Wildman–Crippen MR) is 131 cm³/mol. The van der Waals surface area contributed by atoms with Gasteiger partial charge in [-0.1, -0.05) is 0 Å². The summed E-state index contributed by atoms with van der Waals surface area (Å²) in [5.41, 5.74) is 2.20. The molecule has 0 spiro atoms. The highest BCUT2D eigenvalue weighted by molar-refractivity contribution is 7.16. The van der Waals surface area contributed by atoms with Crippen LogP contribution in [0.3, 0.4) is 0 Å². The highest BCUT2D eigenvalue weighted by Gasteiger charge is 2.35. The smallest absolute Gasteiger partial charge is 0.420 e. The van der Waals surface area contributed by atoms with E-state index < -0.39 is 11.7 Å². The third-order valence-electron chi connectivity index (χ3n) is 5.24. The number of nitrogens with one attached hydrogen (secondary N) is 1. The number of hydrogen-bond donors (Lipinski definition) is 1. The first-order valence-electron chi connectivity index (χ1n) is 10.8. The number of nitrogens with zero attached hydrogens (tertiary/aromatic N) is 3. The molecule has 36 heavy (non-hydrogen) atoms. The van der Waals surface area contributed by atoms with Crippen LogP contribution in [0.4, 0.5) is 24.7 Å². The van der Waals surface area contributed by atoms with Gasteiger partial charge in [0.25, 0.3) is 0 Å². The second-order valence-corrected chi connectivity index (χ2v) is 8.55. The molecule has 0 saturated carbocycles. The third kappa shape index (κ3) is 5.16. The summed E-state index contributed by atoms with van der Waals surface area (Å²) in [5.74, 6) is 0.855. The van der Waals surface area contributed by atoms with E-state index in [1.54, 1.807) is 49.0 Å². The molecule has 184 valence electrons. The van der Waals surface area contributed by atoms with Crippen LogP contribution in [0.1, 0.15) is 5.56 Å². The van der Waals surface area contributed by atoms with Crippen LogP contribution in [-0.4, -0.2) is 35.3 Å². The number of hydrogen-bond acceptors (Lipinski definition) is 8. The van der Waals surface area contributed by atoms with Crippen LogP contribution in [0.25, 0.3) is 21.1 Å². The Balaban J connectivity index is 1.45. The van der Waals surface area contributed by atoms with Gasteiger partial charge in [0.15, 0.2) is 0 Å². The van der Waals surface area contributed by atoms with E-state index >= 15 is 0 Å². The molecular weight excluding hydrogens is 493 g/mol. The molecule has 0 atom stereocenters. The fraction of sp³-hybridized carbons (Fsp3) is 0.160. The monoisotopic (exact) mass is 512 g/mol. The zero-order chi connectivity index (χ0) is 25.1. The molecule has 0 bridgehead atoms. The third-order valence-corrected chi connectivity index (χ3v) is 6.05. The molecule has 0 aliphatic rings. The maximum atomic E-state index is 14.0. The Morgan fingerprint density at radius 2 is 1.75 bits per heavy atom. The number of halogens is 3. The summed E-state index contributed by atoms with van der Waals surface area (Å²) in [6.07, 6.45) is -3.30. The number of methoxy groups -OCH3 is 1. The molecule has 0 radical (unpaired) electrons. The summed E-state index contributed by atoms with van der Waals surface area (Å²) in [6.45, 7) is 0.769. The SMILES string of the molecule is COCCOc1ccc2ncnc(Nc3ccc(Oc4ccc5scnc5c4)c(C(F)(F)F)c3)c2c1. The molecule has 0 amide bonds. The lowest BCUT2D eigenvalue weighted by molar-refractivity contribution is -0.138. The Morgan fingerprint density at radius 1 is 0.889 bits per heavy atom. The minimum Gasteiger partial charge on any atom is -0.491 e. The van der Waals surface area contributed by atoms with E-state index in [1.807, 2.05) is 0 Å². The van der Waals surface area contributed by atoms with Crippen LogP contribution in [0.2, 0.25) is 0 Å². The van der Waals surface area contributed by atoms with Crippen LogP contribution >= 0.6 is 11.3 Å². The summed E-state index contributed by atoms with van der Waals surface area (Å²) < 4.78 is 59.0. The first-order valence-corrected chi connectivity index (χ1v) is 11.6. The number of thiazole rings is 1. The van der Waals surface area contributed by atoms with Crippen molar-refractivity contribution in [3.05, 3.63) is 72.0 Å². The molecule has 2 heterocycles. The van der Waals surface area contributed by atoms with Gasteiger partial charge in [0.05, 0.1) is 27.9 Å². The Morgan fingerprint density at radius 3 is 2.58 bits per heavy atom. The van der Waals surface area contributed by atoms with Crippen molar-refractivity contribution in [1.29, 1.82) is 0 Å². The number of ether oxygens (including phenoxy) is 3. The molecule has 0 aliphatic carbocycles. The highest BCUT2D eigenvalue weighted by Crippen LogP contribution is 2.41. The van der Waals surface area contributed by atoms with Crippen molar-refractivity contribution in [2.24, 2.45) is 0 Å². The number of rotatable bonds is 8. The molecule has 5 rings (SSSR count). The van der Waals surface area contributed by atoms with Gasteiger partial charge in [0, 0.05) is 24.2 Å². The van der Waals surface area contributed by atoms with E-state index in [0.717, 1.165) is 10.8 Å². The van der Waals surface area contributed by atoms with Gasteiger partial charge in [-0.3, -0.25) is 0 Å². The van der Waals surface area contributed by atoms with Crippen molar-refractivity contribution < 1.29 is 27.4 Å². The zero-order valence-corrected chi connectivity index (χ0v) is 19.7. The molecule has 0 fully saturated rings. The second kappa shape index (κ2) is 9.96. The molecule has 3 aromatic carbocycles.